The van der Waals surface area contributed by atoms with Gasteiger partial charge in [-0.25, -0.2) is 0 Å². The maximum absolute atomic E-state index is 11.7. The van der Waals surface area contributed by atoms with E-state index >= 15 is 0 Å². The minimum absolute atomic E-state index is 0.0113. The fraction of sp³-hybridized carbons (Fsp3) is 0.533. The number of hydrogen-bond acceptors (Lipinski definition) is 3. The van der Waals surface area contributed by atoms with Crippen LogP contribution in [0, 0.1) is 0 Å². The molecule has 19 heavy (non-hydrogen) atoms. The Kier molecular flexibility index (Phi) is 5.83. The summed E-state index contributed by atoms with van der Waals surface area (Å²) >= 11 is 0. The third-order valence-electron chi connectivity index (χ3n) is 3.17. The molecule has 2 aliphatic rings. The molecular formula is C15H25N3O. The van der Waals surface area contributed by atoms with Gasteiger partial charge in [-0.05, 0) is 18.1 Å². The van der Waals surface area contributed by atoms with Crippen LogP contribution in [0.15, 0.2) is 18.2 Å². The van der Waals surface area contributed by atoms with Crippen LogP contribution in [0.1, 0.15) is 56.1 Å². The van der Waals surface area contributed by atoms with E-state index in [1.807, 2.05) is 45.9 Å². The Bertz CT molecular complexity index is 431. The second kappa shape index (κ2) is 7.14. The summed E-state index contributed by atoms with van der Waals surface area (Å²) in [6.07, 6.45) is 0.951. The molecule has 0 aliphatic carbocycles. The van der Waals surface area contributed by atoms with Gasteiger partial charge in [0.2, 0.25) is 0 Å². The number of nitrogens with one attached hydrogen (secondary N) is 1. The Morgan fingerprint density at radius 2 is 1.95 bits per heavy atom. The average molecular weight is 263 g/mol. The summed E-state index contributed by atoms with van der Waals surface area (Å²) in [7, 11) is 0. The first-order valence-corrected chi connectivity index (χ1v) is 7.19. The van der Waals surface area contributed by atoms with Crippen LogP contribution in [0.5, 0.6) is 0 Å². The highest BCUT2D eigenvalue weighted by atomic mass is 16.2. The van der Waals surface area contributed by atoms with Crippen molar-refractivity contribution < 1.29 is 4.79 Å². The number of carbonyl (C=O) groups is 1. The number of nitrogens with zero attached hydrogens (tertiary/aromatic N) is 1. The number of anilines is 1. The number of amides is 1. The first kappa shape index (κ1) is 15.5. The molecule has 3 N–H and O–H groups in total. The fourth-order valence-electron chi connectivity index (χ4n) is 2.38. The molecule has 1 aromatic carbocycles. The first-order chi connectivity index (χ1) is 9.27. The van der Waals surface area contributed by atoms with Crippen molar-refractivity contribution in [1.82, 2.24) is 5.32 Å². The van der Waals surface area contributed by atoms with E-state index in [4.69, 9.17) is 5.73 Å². The molecule has 0 saturated carbocycles. The standard InChI is InChI=1S/C11H13N3O.2C2H6/c12-9-4-5-14-6-13-11(15)8-3-1-2-7(9)10(8)14;2*1-2/h1-3,9H,4-6,12H2,(H,13,15);2*1-2H3/t9-;;/m0../s1. The molecule has 4 heteroatoms. The van der Waals surface area contributed by atoms with Gasteiger partial charge in [-0.15, -0.1) is 0 Å². The van der Waals surface area contributed by atoms with E-state index in [0.29, 0.717) is 6.67 Å². The average Bonchev–Trinajstić information content (AvgIpc) is 2.50. The maximum Gasteiger partial charge on any atom is 0.254 e. The van der Waals surface area contributed by atoms with Crippen molar-refractivity contribution in [3.05, 3.63) is 29.3 Å². The fourth-order valence-corrected chi connectivity index (χ4v) is 2.38. The molecule has 0 bridgehead atoms. The van der Waals surface area contributed by atoms with Crippen molar-refractivity contribution in [1.29, 1.82) is 0 Å². The molecule has 1 aromatic rings. The number of carbonyl (C=O) groups excluding carboxylic acids is 1. The number of hydrogen-bond donors (Lipinski definition) is 2. The zero-order valence-corrected chi connectivity index (χ0v) is 12.4. The summed E-state index contributed by atoms with van der Waals surface area (Å²) in [5.41, 5.74) is 8.95. The molecular weight excluding hydrogens is 238 g/mol. The molecule has 1 amide bonds. The van der Waals surface area contributed by atoms with Crippen molar-refractivity contribution in [2.45, 2.75) is 40.2 Å². The number of nitrogens with two attached hydrogens (primary N) is 1. The second-order valence-electron chi connectivity index (χ2n) is 4.07. The van der Waals surface area contributed by atoms with Gasteiger partial charge in [-0.2, -0.15) is 0 Å². The minimum atomic E-state index is 0.0113. The van der Waals surface area contributed by atoms with Gasteiger partial charge in [0, 0.05) is 12.6 Å². The van der Waals surface area contributed by atoms with Gasteiger partial charge >= 0.3 is 0 Å². The zero-order valence-electron chi connectivity index (χ0n) is 12.4. The topological polar surface area (TPSA) is 58.4 Å². The van der Waals surface area contributed by atoms with Crippen LogP contribution in [0.4, 0.5) is 5.69 Å². The van der Waals surface area contributed by atoms with E-state index in [-0.39, 0.29) is 11.9 Å². The van der Waals surface area contributed by atoms with E-state index in [9.17, 15) is 4.79 Å². The third kappa shape index (κ3) is 2.89. The highest BCUT2D eigenvalue weighted by molar-refractivity contribution is 6.02. The van der Waals surface area contributed by atoms with Crippen LogP contribution in [0.3, 0.4) is 0 Å². The molecule has 0 fully saturated rings. The van der Waals surface area contributed by atoms with Gasteiger partial charge in [-0.1, -0.05) is 39.8 Å². The van der Waals surface area contributed by atoms with Gasteiger partial charge in [0.15, 0.2) is 0 Å². The van der Waals surface area contributed by atoms with Gasteiger partial charge < -0.3 is 16.0 Å². The minimum Gasteiger partial charge on any atom is -0.353 e. The van der Waals surface area contributed by atoms with Crippen LogP contribution in [0.25, 0.3) is 0 Å². The van der Waals surface area contributed by atoms with Crippen LogP contribution in [0.2, 0.25) is 0 Å². The maximum atomic E-state index is 11.7. The molecule has 2 aliphatic heterocycles. The molecule has 1 atom stereocenters. The quantitative estimate of drug-likeness (QED) is 0.756. The predicted molar refractivity (Wildman–Crippen MR) is 80.4 cm³/mol. The summed E-state index contributed by atoms with van der Waals surface area (Å²) in [6.45, 7) is 9.53. The first-order valence-electron chi connectivity index (χ1n) is 7.19. The Morgan fingerprint density at radius 1 is 1.26 bits per heavy atom. The van der Waals surface area contributed by atoms with Crippen LogP contribution in [-0.2, 0) is 0 Å². The molecule has 106 valence electrons. The predicted octanol–water partition coefficient (Wildman–Crippen LogP) is 2.65. The van der Waals surface area contributed by atoms with E-state index in [2.05, 4.69) is 10.2 Å². The molecule has 3 rings (SSSR count). The SMILES string of the molecule is CC.CC.N[C@H]1CCN2CNC(=O)c3cccc1c32. The number of rotatable bonds is 0. The smallest absolute Gasteiger partial charge is 0.254 e. The zero-order chi connectivity index (χ0) is 14.4. The molecule has 0 spiro atoms. The lowest BCUT2D eigenvalue weighted by atomic mass is 9.93. The summed E-state index contributed by atoms with van der Waals surface area (Å²) in [4.78, 5) is 13.8. The van der Waals surface area contributed by atoms with Crippen molar-refractivity contribution in [2.24, 2.45) is 5.73 Å². The summed E-state index contributed by atoms with van der Waals surface area (Å²) in [6, 6.07) is 5.86. The van der Waals surface area contributed by atoms with E-state index in [1.54, 1.807) is 0 Å². The van der Waals surface area contributed by atoms with Crippen LogP contribution < -0.4 is 16.0 Å². The summed E-state index contributed by atoms with van der Waals surface area (Å²) < 4.78 is 0. The molecule has 2 heterocycles. The highest BCUT2D eigenvalue weighted by Gasteiger charge is 2.30. The molecule has 4 nitrogen and oxygen atoms in total. The lowest BCUT2D eigenvalue weighted by Gasteiger charge is -2.38. The highest BCUT2D eigenvalue weighted by Crippen LogP contribution is 2.36. The lowest BCUT2D eigenvalue weighted by molar-refractivity contribution is 0.0946. The largest absolute Gasteiger partial charge is 0.353 e. The van der Waals surface area contributed by atoms with Crippen molar-refractivity contribution in [3.8, 4) is 0 Å². The molecule has 0 unspecified atom stereocenters. The van der Waals surface area contributed by atoms with Gasteiger partial charge in [0.1, 0.15) is 0 Å². The summed E-state index contributed by atoms with van der Waals surface area (Å²) in [5.74, 6) is 0.0113. The Morgan fingerprint density at radius 3 is 2.63 bits per heavy atom. The second-order valence-corrected chi connectivity index (χ2v) is 4.07. The number of para-hydroxylation sites is 1. The monoisotopic (exact) mass is 263 g/mol. The normalized spacial score (nSPS) is 19.1. The lowest BCUT2D eigenvalue weighted by Crippen LogP contribution is -2.47. The van der Waals surface area contributed by atoms with Gasteiger partial charge in [0.05, 0.1) is 17.9 Å². The van der Waals surface area contributed by atoms with Gasteiger partial charge in [-0.3, -0.25) is 4.79 Å². The molecule has 0 saturated heterocycles. The van der Waals surface area contributed by atoms with E-state index < -0.39 is 0 Å². The van der Waals surface area contributed by atoms with E-state index in [0.717, 1.165) is 29.8 Å². The van der Waals surface area contributed by atoms with Crippen LogP contribution >= 0.6 is 0 Å². The van der Waals surface area contributed by atoms with Crippen molar-refractivity contribution >= 4 is 11.6 Å². The van der Waals surface area contributed by atoms with Crippen molar-refractivity contribution in [2.75, 3.05) is 18.1 Å². The molecule has 0 aromatic heterocycles. The third-order valence-corrected chi connectivity index (χ3v) is 3.17. The Balaban J connectivity index is 0.000000415. The Labute approximate surface area is 116 Å². The molecule has 0 radical (unpaired) electrons. The van der Waals surface area contributed by atoms with Crippen LogP contribution in [-0.4, -0.2) is 19.1 Å². The Hall–Kier alpha value is -1.55. The number of benzene rings is 1. The van der Waals surface area contributed by atoms with Crippen molar-refractivity contribution in [3.63, 3.8) is 0 Å². The van der Waals surface area contributed by atoms with Gasteiger partial charge in [0.25, 0.3) is 5.91 Å². The van der Waals surface area contributed by atoms with E-state index in [1.165, 1.54) is 0 Å². The summed E-state index contributed by atoms with van der Waals surface area (Å²) in [5, 5.41) is 2.86.